The van der Waals surface area contributed by atoms with E-state index < -0.39 is 57.6 Å². The summed E-state index contributed by atoms with van der Waals surface area (Å²) in [5, 5.41) is 20.5. The van der Waals surface area contributed by atoms with Crippen LogP contribution in [0.4, 0.5) is 18.9 Å². The third kappa shape index (κ3) is 14.9. The van der Waals surface area contributed by atoms with Crippen molar-refractivity contribution in [1.29, 1.82) is 0 Å². The molecule has 348 valence electrons. The van der Waals surface area contributed by atoms with E-state index in [1.165, 1.54) is 50.6 Å². The molecule has 1 aliphatic heterocycles. The van der Waals surface area contributed by atoms with Crippen LogP contribution in [0, 0.1) is 5.92 Å². The molecular formula is C47H51F3N2O10S3. The molecule has 0 aromatic heterocycles. The number of hydrogen-bond donors (Lipinski definition) is 3. The minimum Gasteiger partial charge on any atom is -0.497 e. The number of sulfone groups is 1. The summed E-state index contributed by atoms with van der Waals surface area (Å²) in [5.74, 6) is -4.19. The van der Waals surface area contributed by atoms with E-state index in [4.69, 9.17) is 19.7 Å². The number of ether oxygens (including phenoxy) is 2. The first-order chi connectivity index (χ1) is 30.0. The highest BCUT2D eigenvalue weighted by Gasteiger charge is 2.33. The van der Waals surface area contributed by atoms with Gasteiger partial charge in [0.05, 0.1) is 36.3 Å². The van der Waals surface area contributed by atoms with E-state index in [1.54, 1.807) is 24.3 Å². The molecule has 1 aliphatic rings. The van der Waals surface area contributed by atoms with Gasteiger partial charge in [0, 0.05) is 17.7 Å². The number of carbonyl (C=O) groups excluding carboxylic acids is 2. The molecule has 0 bridgehead atoms. The Balaban J connectivity index is 0.000000415. The Hall–Kier alpha value is -5.82. The molecule has 1 heterocycles. The maximum atomic E-state index is 13.2. The van der Waals surface area contributed by atoms with E-state index in [-0.39, 0.29) is 50.2 Å². The molecule has 5 aromatic rings. The van der Waals surface area contributed by atoms with Crippen molar-refractivity contribution < 1.29 is 60.5 Å². The number of amides is 1. The molecule has 12 nitrogen and oxygen atoms in total. The number of piperidine rings is 1. The summed E-state index contributed by atoms with van der Waals surface area (Å²) < 4.78 is 73.3. The van der Waals surface area contributed by atoms with Gasteiger partial charge in [-0.1, -0.05) is 72.8 Å². The Morgan fingerprint density at radius 2 is 1.37 bits per heavy atom. The van der Waals surface area contributed by atoms with Crippen LogP contribution in [0.3, 0.4) is 0 Å². The van der Waals surface area contributed by atoms with Gasteiger partial charge in [-0.15, -0.1) is 0 Å². The Bertz CT molecular complexity index is 2450. The molecule has 65 heavy (non-hydrogen) atoms. The van der Waals surface area contributed by atoms with Crippen LogP contribution in [-0.4, -0.2) is 80.4 Å². The summed E-state index contributed by atoms with van der Waals surface area (Å²) in [7, 11) is -0.951. The predicted molar refractivity (Wildman–Crippen MR) is 250 cm³/mol. The second-order valence-corrected chi connectivity index (χ2v) is 16.8. The van der Waals surface area contributed by atoms with Crippen LogP contribution in [-0.2, 0) is 35.1 Å². The largest absolute Gasteiger partial charge is 0.497 e. The fraction of sp³-hybridized carbons (Fsp3) is 0.277. The zero-order chi connectivity index (χ0) is 45.7. The number of likely N-dealkylation sites (tertiary alicyclic amines) is 1. The number of nitrogens with zero attached hydrogens (tertiary/aromatic N) is 1. The smallest absolute Gasteiger partial charge is 0.416 e. The number of esters is 1. The quantitative estimate of drug-likeness (QED) is 0.0854. The number of carboxylic acids is 2. The lowest BCUT2D eigenvalue weighted by molar-refractivity contribution is -0.148. The van der Waals surface area contributed by atoms with Gasteiger partial charge in [0.2, 0.25) is 0 Å². The molecule has 0 spiro atoms. The molecule has 5 aromatic carbocycles. The Labute approximate surface area is 389 Å². The molecule has 1 saturated heterocycles. The van der Waals surface area contributed by atoms with Gasteiger partial charge in [0.1, 0.15) is 11.8 Å². The SMILES string of the molecule is COC(=O)[C@H](c1ccccc1)N1CCC(c2ccc(NC(=O)c3ccccc3-c3ccc(C(F)(F)F)cc3)cc2)CC1.COc1ccc(S(=O)(=O)C[C@@H](CCC(=O)O)C(=O)O)cc1.S.S. The van der Waals surface area contributed by atoms with Crippen LogP contribution >= 0.6 is 27.0 Å². The van der Waals surface area contributed by atoms with Gasteiger partial charge >= 0.3 is 24.1 Å². The van der Waals surface area contributed by atoms with Crippen molar-refractivity contribution in [3.63, 3.8) is 0 Å². The Morgan fingerprint density at radius 1 is 0.785 bits per heavy atom. The molecule has 3 N–H and O–H groups in total. The van der Waals surface area contributed by atoms with Gasteiger partial charge < -0.3 is 25.0 Å². The minimum atomic E-state index is -4.42. The fourth-order valence-corrected chi connectivity index (χ4v) is 8.84. The molecular weight excluding hydrogens is 906 g/mol. The molecule has 2 atom stereocenters. The minimum absolute atomic E-state index is 0. The molecule has 0 aliphatic carbocycles. The highest BCUT2D eigenvalue weighted by Crippen LogP contribution is 2.35. The number of rotatable bonds is 15. The first-order valence-corrected chi connectivity index (χ1v) is 21.5. The van der Waals surface area contributed by atoms with E-state index >= 15 is 0 Å². The number of carbonyl (C=O) groups is 4. The number of alkyl halides is 3. The molecule has 1 fully saturated rings. The number of carboxylic acid groups (broad SMARTS) is 2. The van der Waals surface area contributed by atoms with Gasteiger partial charge in [-0.25, -0.2) is 13.2 Å². The van der Waals surface area contributed by atoms with Crippen LogP contribution in [0.2, 0.25) is 0 Å². The second kappa shape index (κ2) is 24.5. The van der Waals surface area contributed by atoms with E-state index in [0.717, 1.165) is 49.2 Å². The fourth-order valence-electron chi connectivity index (χ4n) is 7.26. The van der Waals surface area contributed by atoms with E-state index in [1.807, 2.05) is 54.6 Å². The summed E-state index contributed by atoms with van der Waals surface area (Å²) in [5.41, 5.74) is 3.41. The lowest BCUT2D eigenvalue weighted by Crippen LogP contribution is -2.40. The first kappa shape index (κ1) is 53.5. The summed E-state index contributed by atoms with van der Waals surface area (Å²) in [6, 6.07) is 34.2. The van der Waals surface area contributed by atoms with Crippen molar-refractivity contribution in [2.24, 2.45) is 5.92 Å². The van der Waals surface area contributed by atoms with Gasteiger partial charge in [0.15, 0.2) is 9.84 Å². The van der Waals surface area contributed by atoms with Gasteiger partial charge in [-0.2, -0.15) is 40.2 Å². The summed E-state index contributed by atoms with van der Waals surface area (Å²) in [4.78, 5) is 49.5. The average Bonchev–Trinajstić information content (AvgIpc) is 3.28. The topological polar surface area (TPSA) is 177 Å². The first-order valence-electron chi connectivity index (χ1n) is 19.9. The molecule has 0 radical (unpaired) electrons. The summed E-state index contributed by atoms with van der Waals surface area (Å²) in [6.07, 6.45) is -3.29. The van der Waals surface area contributed by atoms with Gasteiger partial charge in [-0.3, -0.25) is 19.3 Å². The Morgan fingerprint density at radius 3 is 1.91 bits per heavy atom. The van der Waals surface area contributed by atoms with Crippen molar-refractivity contribution in [2.75, 3.05) is 38.4 Å². The van der Waals surface area contributed by atoms with Crippen LogP contribution < -0.4 is 10.1 Å². The van der Waals surface area contributed by atoms with Gasteiger partial charge in [0.25, 0.3) is 5.91 Å². The molecule has 6 rings (SSSR count). The second-order valence-electron chi connectivity index (χ2n) is 14.8. The highest BCUT2D eigenvalue weighted by atomic mass is 32.2. The average molecular weight is 957 g/mol. The number of aliphatic carboxylic acids is 2. The number of hydrogen-bond acceptors (Lipinski definition) is 9. The third-order valence-electron chi connectivity index (χ3n) is 10.7. The monoisotopic (exact) mass is 956 g/mol. The van der Waals surface area contributed by atoms with Crippen molar-refractivity contribution in [3.8, 4) is 16.9 Å². The summed E-state index contributed by atoms with van der Waals surface area (Å²) >= 11 is 0. The lowest BCUT2D eigenvalue weighted by Gasteiger charge is -2.36. The number of benzene rings is 5. The standard InChI is InChI=1S/C34H31F3N2O3.C13H16O7S.2H2S/c1-42-33(41)31(26-7-3-2-4-8-26)39-21-19-24(20-22-39)23-13-17-28(18-14-23)38-32(40)30-10-6-5-9-29(30)25-11-15-27(16-12-25)34(35,36)37;1-20-10-3-5-11(6-4-10)21(18,19)8-9(13(16)17)2-7-12(14)15;;/h2-18,24,31H,19-22H2,1H3,(H,38,40);3-6,9H,2,7-8H2,1H3,(H,14,15)(H,16,17);2*1H2/t31-;9-;;/m01../s1. The number of halogens is 3. The number of anilines is 1. The summed E-state index contributed by atoms with van der Waals surface area (Å²) in [6.45, 7) is 1.50. The Kier molecular flexibility index (Phi) is 20.1. The van der Waals surface area contributed by atoms with Gasteiger partial charge in [-0.05, 0) is 115 Å². The third-order valence-corrected chi connectivity index (χ3v) is 12.5. The normalized spacial score (nSPS) is 13.9. The van der Waals surface area contributed by atoms with Crippen molar-refractivity contribution in [3.05, 3.63) is 150 Å². The maximum Gasteiger partial charge on any atom is 0.416 e. The maximum absolute atomic E-state index is 13.2. The molecule has 0 unspecified atom stereocenters. The van der Waals surface area contributed by atoms with Crippen LogP contribution in [0.5, 0.6) is 5.75 Å². The molecule has 0 saturated carbocycles. The van der Waals surface area contributed by atoms with Crippen LogP contribution in [0.1, 0.15) is 64.7 Å². The highest BCUT2D eigenvalue weighted by molar-refractivity contribution is 7.91. The predicted octanol–water partition coefficient (Wildman–Crippen LogP) is 8.98. The van der Waals surface area contributed by atoms with E-state index in [2.05, 4.69) is 10.2 Å². The van der Waals surface area contributed by atoms with E-state index in [0.29, 0.717) is 34.0 Å². The zero-order valence-electron chi connectivity index (χ0n) is 35.5. The lowest BCUT2D eigenvalue weighted by atomic mass is 9.88. The number of methoxy groups -OCH3 is 2. The van der Waals surface area contributed by atoms with E-state index in [9.17, 15) is 40.8 Å². The zero-order valence-corrected chi connectivity index (χ0v) is 38.3. The van der Waals surface area contributed by atoms with Crippen LogP contribution in [0.25, 0.3) is 11.1 Å². The van der Waals surface area contributed by atoms with Crippen LogP contribution in [0.15, 0.2) is 132 Å². The van der Waals surface area contributed by atoms with Crippen molar-refractivity contribution in [1.82, 2.24) is 4.90 Å². The van der Waals surface area contributed by atoms with Crippen molar-refractivity contribution in [2.45, 2.75) is 48.7 Å². The molecule has 1 amide bonds. The molecule has 18 heteroatoms. The number of nitrogens with one attached hydrogen (secondary N) is 1. The van der Waals surface area contributed by atoms with Crippen molar-refractivity contribution >= 4 is 66.3 Å².